The molecular formula is C11H14FNO3. The van der Waals surface area contributed by atoms with Crippen LogP contribution in [0.25, 0.3) is 0 Å². The molecule has 2 rings (SSSR count). The molecule has 16 heavy (non-hydrogen) atoms. The van der Waals surface area contributed by atoms with Crippen LogP contribution in [-0.2, 0) is 11.3 Å². The van der Waals surface area contributed by atoms with Crippen molar-refractivity contribution in [3.05, 3.63) is 29.1 Å². The molecule has 1 aromatic rings. The van der Waals surface area contributed by atoms with Crippen molar-refractivity contribution < 1.29 is 19.0 Å². The van der Waals surface area contributed by atoms with Crippen molar-refractivity contribution in [2.24, 2.45) is 5.73 Å². The van der Waals surface area contributed by atoms with Crippen LogP contribution in [0.15, 0.2) is 12.1 Å². The first-order valence-electron chi connectivity index (χ1n) is 5.12. The van der Waals surface area contributed by atoms with E-state index >= 15 is 0 Å². The second-order valence-corrected chi connectivity index (χ2v) is 3.67. The van der Waals surface area contributed by atoms with Crippen molar-refractivity contribution in [1.29, 1.82) is 0 Å². The van der Waals surface area contributed by atoms with Crippen LogP contribution in [0.5, 0.6) is 5.75 Å². The lowest BCUT2D eigenvalue weighted by molar-refractivity contribution is -0.0173. The van der Waals surface area contributed by atoms with Crippen molar-refractivity contribution in [1.82, 2.24) is 0 Å². The molecule has 0 saturated heterocycles. The number of benzene rings is 1. The van der Waals surface area contributed by atoms with Gasteiger partial charge >= 0.3 is 0 Å². The molecule has 0 saturated carbocycles. The molecule has 1 aromatic carbocycles. The smallest absolute Gasteiger partial charge is 0.189 e. The van der Waals surface area contributed by atoms with E-state index in [0.29, 0.717) is 29.9 Å². The number of fused-ring (bicyclic) bond motifs is 1. The third kappa shape index (κ3) is 2.02. The van der Waals surface area contributed by atoms with Gasteiger partial charge < -0.3 is 20.3 Å². The summed E-state index contributed by atoms with van der Waals surface area (Å²) >= 11 is 0. The average molecular weight is 227 g/mol. The molecule has 1 aliphatic heterocycles. The summed E-state index contributed by atoms with van der Waals surface area (Å²) in [5.74, 6) is 0.227. The van der Waals surface area contributed by atoms with E-state index in [1.165, 1.54) is 6.07 Å². The number of aliphatic hydroxyl groups is 1. The van der Waals surface area contributed by atoms with E-state index in [1.807, 2.05) is 0 Å². The van der Waals surface area contributed by atoms with Gasteiger partial charge in [-0.3, -0.25) is 0 Å². The van der Waals surface area contributed by atoms with Crippen LogP contribution in [0.2, 0.25) is 0 Å². The maximum atomic E-state index is 13.7. The number of rotatable bonds is 3. The lowest BCUT2D eigenvalue weighted by atomic mass is 9.97. The van der Waals surface area contributed by atoms with E-state index in [4.69, 9.17) is 20.3 Å². The number of hydrogen-bond acceptors (Lipinski definition) is 4. The molecule has 0 spiro atoms. The molecule has 5 heteroatoms. The first-order valence-corrected chi connectivity index (χ1v) is 5.12. The van der Waals surface area contributed by atoms with Crippen molar-refractivity contribution in [2.75, 3.05) is 13.4 Å². The summed E-state index contributed by atoms with van der Waals surface area (Å²) in [5, 5.41) is 8.83. The molecule has 3 N–H and O–H groups in total. The van der Waals surface area contributed by atoms with E-state index in [-0.39, 0.29) is 19.2 Å². The Morgan fingerprint density at radius 1 is 1.50 bits per heavy atom. The fourth-order valence-corrected chi connectivity index (χ4v) is 1.83. The predicted octanol–water partition coefficient (Wildman–Crippen LogP) is 1.07. The number of ether oxygens (including phenoxy) is 2. The standard InChI is InChI=1S/C11H14FNO3/c12-8-1-2-10-7(5-15-6-16-10)11(8)9(13)3-4-14/h1-2,9,14H,3-6,13H2. The zero-order valence-electron chi connectivity index (χ0n) is 8.78. The fourth-order valence-electron chi connectivity index (χ4n) is 1.83. The summed E-state index contributed by atoms with van der Waals surface area (Å²) in [6, 6.07) is 2.37. The molecule has 1 atom stereocenters. The van der Waals surface area contributed by atoms with E-state index in [9.17, 15) is 4.39 Å². The van der Waals surface area contributed by atoms with Gasteiger partial charge in [0.05, 0.1) is 6.61 Å². The van der Waals surface area contributed by atoms with Crippen LogP contribution in [-0.4, -0.2) is 18.5 Å². The lowest BCUT2D eigenvalue weighted by Gasteiger charge is -2.23. The largest absolute Gasteiger partial charge is 0.467 e. The quantitative estimate of drug-likeness (QED) is 0.810. The minimum Gasteiger partial charge on any atom is -0.467 e. The van der Waals surface area contributed by atoms with Gasteiger partial charge in [0.1, 0.15) is 11.6 Å². The Kier molecular flexibility index (Phi) is 3.38. The first kappa shape index (κ1) is 11.3. The summed E-state index contributed by atoms with van der Waals surface area (Å²) in [4.78, 5) is 0. The molecule has 0 bridgehead atoms. The Morgan fingerprint density at radius 3 is 3.06 bits per heavy atom. The number of nitrogens with two attached hydrogens (primary N) is 1. The summed E-state index contributed by atoms with van der Waals surface area (Å²) in [6.07, 6.45) is 0.313. The van der Waals surface area contributed by atoms with Crippen LogP contribution in [0, 0.1) is 5.82 Å². The van der Waals surface area contributed by atoms with Gasteiger partial charge in [0.15, 0.2) is 6.79 Å². The molecule has 0 aromatic heterocycles. The van der Waals surface area contributed by atoms with Crippen molar-refractivity contribution in [3.63, 3.8) is 0 Å². The Labute approximate surface area is 92.8 Å². The monoisotopic (exact) mass is 227 g/mol. The SMILES string of the molecule is NC(CCO)c1c(F)ccc2c1COCO2. The molecule has 0 fully saturated rings. The topological polar surface area (TPSA) is 64.7 Å². The molecule has 1 unspecified atom stereocenters. The van der Waals surface area contributed by atoms with Gasteiger partial charge in [0.25, 0.3) is 0 Å². The van der Waals surface area contributed by atoms with E-state index in [0.717, 1.165) is 0 Å². The Bertz CT molecular complexity index is 384. The highest BCUT2D eigenvalue weighted by molar-refractivity contribution is 5.43. The van der Waals surface area contributed by atoms with Gasteiger partial charge in [-0.1, -0.05) is 0 Å². The normalized spacial score (nSPS) is 16.4. The van der Waals surface area contributed by atoms with Crippen LogP contribution in [0.4, 0.5) is 4.39 Å². The van der Waals surface area contributed by atoms with Crippen molar-refractivity contribution in [2.45, 2.75) is 19.1 Å². The molecule has 1 heterocycles. The van der Waals surface area contributed by atoms with Gasteiger partial charge in [-0.05, 0) is 18.6 Å². The number of aliphatic hydroxyl groups excluding tert-OH is 1. The molecule has 4 nitrogen and oxygen atoms in total. The maximum Gasteiger partial charge on any atom is 0.189 e. The van der Waals surface area contributed by atoms with Crippen LogP contribution < -0.4 is 10.5 Å². The second kappa shape index (κ2) is 4.78. The van der Waals surface area contributed by atoms with Crippen molar-refractivity contribution >= 4 is 0 Å². The Hall–Kier alpha value is -1.17. The number of halogens is 1. The highest BCUT2D eigenvalue weighted by atomic mass is 19.1. The minimum atomic E-state index is -0.537. The minimum absolute atomic E-state index is 0.0774. The van der Waals surface area contributed by atoms with E-state index in [2.05, 4.69) is 0 Å². The van der Waals surface area contributed by atoms with Crippen LogP contribution >= 0.6 is 0 Å². The maximum absolute atomic E-state index is 13.7. The molecule has 0 aliphatic carbocycles. The third-order valence-electron chi connectivity index (χ3n) is 2.62. The zero-order chi connectivity index (χ0) is 11.5. The molecule has 0 amide bonds. The second-order valence-electron chi connectivity index (χ2n) is 3.67. The summed E-state index contributed by atoms with van der Waals surface area (Å²) in [6.45, 7) is 0.390. The van der Waals surface area contributed by atoms with Crippen molar-refractivity contribution in [3.8, 4) is 5.75 Å². The Morgan fingerprint density at radius 2 is 2.31 bits per heavy atom. The fraction of sp³-hybridized carbons (Fsp3) is 0.455. The highest BCUT2D eigenvalue weighted by Gasteiger charge is 2.22. The highest BCUT2D eigenvalue weighted by Crippen LogP contribution is 2.32. The van der Waals surface area contributed by atoms with Crippen LogP contribution in [0.1, 0.15) is 23.6 Å². The predicted molar refractivity (Wildman–Crippen MR) is 55.3 cm³/mol. The lowest BCUT2D eigenvalue weighted by Crippen LogP contribution is -2.20. The molecule has 0 radical (unpaired) electrons. The van der Waals surface area contributed by atoms with Gasteiger partial charge in [-0.25, -0.2) is 4.39 Å². The van der Waals surface area contributed by atoms with Gasteiger partial charge in [-0.15, -0.1) is 0 Å². The van der Waals surface area contributed by atoms with E-state index in [1.54, 1.807) is 6.07 Å². The zero-order valence-corrected chi connectivity index (χ0v) is 8.78. The summed E-state index contributed by atoms with van der Waals surface area (Å²) in [5.41, 5.74) is 6.85. The average Bonchev–Trinajstić information content (AvgIpc) is 2.29. The van der Waals surface area contributed by atoms with Gasteiger partial charge in [-0.2, -0.15) is 0 Å². The van der Waals surface area contributed by atoms with E-state index < -0.39 is 6.04 Å². The summed E-state index contributed by atoms with van der Waals surface area (Å²) < 4.78 is 24.0. The van der Waals surface area contributed by atoms with Crippen LogP contribution in [0.3, 0.4) is 0 Å². The molecular weight excluding hydrogens is 213 g/mol. The molecule has 88 valence electrons. The number of hydrogen-bond donors (Lipinski definition) is 2. The molecule has 1 aliphatic rings. The van der Waals surface area contributed by atoms with Gasteiger partial charge in [0, 0.05) is 23.8 Å². The third-order valence-corrected chi connectivity index (χ3v) is 2.62. The Balaban J connectivity index is 2.41. The first-order chi connectivity index (χ1) is 7.74. The van der Waals surface area contributed by atoms with Gasteiger partial charge in [0.2, 0.25) is 0 Å². The summed E-state index contributed by atoms with van der Waals surface area (Å²) in [7, 11) is 0.